The Morgan fingerprint density at radius 3 is 2.53 bits per heavy atom. The van der Waals surface area contributed by atoms with Crippen LogP contribution in [0.3, 0.4) is 0 Å². The molecule has 4 heteroatoms. The van der Waals surface area contributed by atoms with Crippen molar-refractivity contribution < 1.29 is 4.74 Å². The summed E-state index contributed by atoms with van der Waals surface area (Å²) in [5.41, 5.74) is 9.67. The molecule has 0 aliphatic carbocycles. The molecular weight excluding hydrogens is 256 g/mol. The van der Waals surface area contributed by atoms with Crippen LogP contribution >= 0.6 is 12.2 Å². The zero-order valence-corrected chi connectivity index (χ0v) is 12.0. The Morgan fingerprint density at radius 1 is 1.16 bits per heavy atom. The van der Waals surface area contributed by atoms with Gasteiger partial charge in [-0.25, -0.2) is 4.98 Å². The number of aryl methyl sites for hydroxylation is 2. The summed E-state index contributed by atoms with van der Waals surface area (Å²) in [6.45, 7) is 6.08. The molecule has 0 spiro atoms. The number of nitrogens with two attached hydrogens (primary N) is 1. The molecule has 0 bridgehead atoms. The zero-order valence-electron chi connectivity index (χ0n) is 11.2. The van der Waals surface area contributed by atoms with Crippen molar-refractivity contribution in [3.63, 3.8) is 0 Å². The van der Waals surface area contributed by atoms with Crippen LogP contribution in [0.15, 0.2) is 30.5 Å². The van der Waals surface area contributed by atoms with Gasteiger partial charge in [-0.2, -0.15) is 0 Å². The number of hydrogen-bond acceptors (Lipinski definition) is 3. The molecule has 0 aliphatic heterocycles. The fourth-order valence-corrected chi connectivity index (χ4v) is 1.99. The van der Waals surface area contributed by atoms with Crippen molar-refractivity contribution >= 4 is 17.2 Å². The van der Waals surface area contributed by atoms with Crippen LogP contribution in [0.4, 0.5) is 0 Å². The third-order valence-corrected chi connectivity index (χ3v) is 3.33. The maximum atomic E-state index is 5.93. The highest BCUT2D eigenvalue weighted by molar-refractivity contribution is 7.80. The zero-order chi connectivity index (χ0) is 14.0. The predicted octanol–water partition coefficient (Wildman–Crippen LogP) is 3.43. The first-order valence-electron chi connectivity index (χ1n) is 6.00. The van der Waals surface area contributed by atoms with Crippen molar-refractivity contribution in [3.05, 3.63) is 52.7 Å². The lowest BCUT2D eigenvalue weighted by Crippen LogP contribution is -2.11. The standard InChI is InChI=1S/C15H16N2OS/c1-9-6-7-10(2)13(11(9)3)18-15-12(14(16)19)5-4-8-17-15/h4-8H,1-3H3,(H2,16,19). The van der Waals surface area contributed by atoms with Crippen molar-refractivity contribution in [2.45, 2.75) is 20.8 Å². The largest absolute Gasteiger partial charge is 0.438 e. The topological polar surface area (TPSA) is 48.1 Å². The van der Waals surface area contributed by atoms with E-state index in [-0.39, 0.29) is 4.99 Å². The third kappa shape index (κ3) is 2.74. The lowest BCUT2D eigenvalue weighted by Gasteiger charge is -2.14. The van der Waals surface area contributed by atoms with Gasteiger partial charge in [-0.15, -0.1) is 0 Å². The SMILES string of the molecule is Cc1ccc(C)c(Oc2ncccc2C(N)=S)c1C. The van der Waals surface area contributed by atoms with Gasteiger partial charge in [-0.05, 0) is 49.6 Å². The fourth-order valence-electron chi connectivity index (χ4n) is 1.84. The van der Waals surface area contributed by atoms with E-state index in [4.69, 9.17) is 22.7 Å². The molecular formula is C15H16N2OS. The first-order valence-corrected chi connectivity index (χ1v) is 6.41. The fraction of sp³-hybridized carbons (Fsp3) is 0.200. The number of rotatable bonds is 3. The molecule has 0 amide bonds. The summed E-state index contributed by atoms with van der Waals surface area (Å²) in [5.74, 6) is 1.27. The van der Waals surface area contributed by atoms with Gasteiger partial charge in [0.05, 0.1) is 5.56 Å². The quantitative estimate of drug-likeness (QED) is 0.870. The maximum absolute atomic E-state index is 5.93. The van der Waals surface area contributed by atoms with Crippen molar-refractivity contribution in [2.24, 2.45) is 5.73 Å². The highest BCUT2D eigenvalue weighted by atomic mass is 32.1. The van der Waals surface area contributed by atoms with E-state index in [1.54, 1.807) is 12.3 Å². The Balaban J connectivity index is 2.48. The average Bonchev–Trinajstić information content (AvgIpc) is 2.39. The number of thiocarbonyl (C=S) groups is 1. The molecule has 0 saturated carbocycles. The lowest BCUT2D eigenvalue weighted by molar-refractivity contribution is 0.454. The van der Waals surface area contributed by atoms with Gasteiger partial charge >= 0.3 is 0 Å². The van der Waals surface area contributed by atoms with Gasteiger partial charge in [-0.3, -0.25) is 0 Å². The molecule has 0 saturated heterocycles. The van der Waals surface area contributed by atoms with E-state index < -0.39 is 0 Å². The molecule has 1 aromatic carbocycles. The second kappa shape index (κ2) is 5.36. The van der Waals surface area contributed by atoms with Crippen molar-refractivity contribution in [1.29, 1.82) is 0 Å². The second-order valence-electron chi connectivity index (χ2n) is 4.48. The van der Waals surface area contributed by atoms with Crippen LogP contribution in [0.5, 0.6) is 11.6 Å². The number of aromatic nitrogens is 1. The summed E-state index contributed by atoms with van der Waals surface area (Å²) >= 11 is 5.02. The van der Waals surface area contributed by atoms with Gasteiger partial charge in [0.1, 0.15) is 10.7 Å². The van der Waals surface area contributed by atoms with Gasteiger partial charge in [0, 0.05) is 6.20 Å². The summed E-state index contributed by atoms with van der Waals surface area (Å²) in [6.07, 6.45) is 1.66. The smallest absolute Gasteiger partial charge is 0.229 e. The number of benzene rings is 1. The first kappa shape index (κ1) is 13.5. The molecule has 0 aliphatic rings. The molecule has 0 radical (unpaired) electrons. The van der Waals surface area contributed by atoms with Crippen LogP contribution in [0.1, 0.15) is 22.3 Å². The van der Waals surface area contributed by atoms with Crippen LogP contribution in [-0.2, 0) is 0 Å². The van der Waals surface area contributed by atoms with Crippen molar-refractivity contribution in [3.8, 4) is 11.6 Å². The number of ether oxygens (including phenoxy) is 1. The minimum atomic E-state index is 0.283. The summed E-state index contributed by atoms with van der Waals surface area (Å²) in [7, 11) is 0. The van der Waals surface area contributed by atoms with Crippen molar-refractivity contribution in [1.82, 2.24) is 4.98 Å². The summed E-state index contributed by atoms with van der Waals surface area (Å²) in [5, 5.41) is 0. The Bertz CT molecular complexity index is 638. The van der Waals surface area contributed by atoms with Gasteiger partial charge < -0.3 is 10.5 Å². The third-order valence-electron chi connectivity index (χ3n) is 3.11. The normalized spacial score (nSPS) is 10.3. The molecule has 3 nitrogen and oxygen atoms in total. The molecule has 1 aromatic heterocycles. The van der Waals surface area contributed by atoms with Gasteiger partial charge in [-0.1, -0.05) is 24.4 Å². The molecule has 2 aromatic rings. The molecule has 2 N–H and O–H groups in total. The molecule has 0 unspecified atom stereocenters. The molecule has 2 rings (SSSR count). The number of hydrogen-bond donors (Lipinski definition) is 1. The van der Waals surface area contributed by atoms with Gasteiger partial charge in [0.15, 0.2) is 0 Å². The van der Waals surface area contributed by atoms with Crippen LogP contribution in [0.2, 0.25) is 0 Å². The average molecular weight is 272 g/mol. The number of pyridine rings is 1. The summed E-state index contributed by atoms with van der Waals surface area (Å²) in [6, 6.07) is 7.70. The van der Waals surface area contributed by atoms with Gasteiger partial charge in [0.25, 0.3) is 0 Å². The number of nitrogens with zero attached hydrogens (tertiary/aromatic N) is 1. The summed E-state index contributed by atoms with van der Waals surface area (Å²) < 4.78 is 5.93. The minimum absolute atomic E-state index is 0.283. The van der Waals surface area contributed by atoms with Gasteiger partial charge in [0.2, 0.25) is 5.88 Å². The van der Waals surface area contributed by atoms with Crippen molar-refractivity contribution in [2.75, 3.05) is 0 Å². The monoisotopic (exact) mass is 272 g/mol. The van der Waals surface area contributed by atoms with E-state index in [1.807, 2.05) is 26.0 Å². The molecule has 0 fully saturated rings. The molecule has 98 valence electrons. The van der Waals surface area contributed by atoms with E-state index >= 15 is 0 Å². The van der Waals surface area contributed by atoms with E-state index in [1.165, 1.54) is 5.56 Å². The van der Waals surface area contributed by atoms with Crippen LogP contribution < -0.4 is 10.5 Å². The minimum Gasteiger partial charge on any atom is -0.438 e. The molecule has 0 atom stereocenters. The summed E-state index contributed by atoms with van der Waals surface area (Å²) in [4.78, 5) is 4.50. The van der Waals surface area contributed by atoms with Crippen LogP contribution in [0.25, 0.3) is 0 Å². The second-order valence-corrected chi connectivity index (χ2v) is 4.92. The first-order chi connectivity index (χ1) is 9.00. The van der Waals surface area contributed by atoms with Crippen LogP contribution in [0, 0.1) is 20.8 Å². The Morgan fingerprint density at radius 2 is 1.84 bits per heavy atom. The molecule has 19 heavy (non-hydrogen) atoms. The highest BCUT2D eigenvalue weighted by Gasteiger charge is 2.12. The maximum Gasteiger partial charge on any atom is 0.229 e. The van der Waals surface area contributed by atoms with E-state index in [0.29, 0.717) is 11.4 Å². The Kier molecular flexibility index (Phi) is 3.81. The lowest BCUT2D eigenvalue weighted by atomic mass is 10.1. The predicted molar refractivity (Wildman–Crippen MR) is 80.9 cm³/mol. The van der Waals surface area contributed by atoms with E-state index in [2.05, 4.69) is 18.0 Å². The highest BCUT2D eigenvalue weighted by Crippen LogP contribution is 2.31. The van der Waals surface area contributed by atoms with E-state index in [9.17, 15) is 0 Å². The van der Waals surface area contributed by atoms with E-state index in [0.717, 1.165) is 16.9 Å². The van der Waals surface area contributed by atoms with Crippen LogP contribution in [-0.4, -0.2) is 9.97 Å². The Hall–Kier alpha value is -1.94. The molecule has 1 heterocycles. The Labute approximate surface area is 118 Å².